The zero-order chi connectivity index (χ0) is 13.7. The van der Waals surface area contributed by atoms with Gasteiger partial charge in [-0.25, -0.2) is 0 Å². The molecule has 100 valence electrons. The average Bonchev–Trinajstić information content (AvgIpc) is 2.31. The van der Waals surface area contributed by atoms with Gasteiger partial charge in [-0.05, 0) is 43.9 Å². The van der Waals surface area contributed by atoms with E-state index >= 15 is 0 Å². The summed E-state index contributed by atoms with van der Waals surface area (Å²) in [4.78, 5) is 11.1. The van der Waals surface area contributed by atoms with Gasteiger partial charge in [-0.15, -0.1) is 0 Å². The molecule has 0 saturated heterocycles. The van der Waals surface area contributed by atoms with Crippen LogP contribution in [-0.4, -0.2) is 17.1 Å². The van der Waals surface area contributed by atoms with Crippen molar-refractivity contribution in [3.63, 3.8) is 0 Å². The maximum Gasteiger partial charge on any atom is 0.320 e. The minimum atomic E-state index is -0.771. The van der Waals surface area contributed by atoms with E-state index in [1.807, 2.05) is 13.8 Å². The molecule has 0 aliphatic rings. The molecule has 2 unspecified atom stereocenters. The van der Waals surface area contributed by atoms with Crippen molar-refractivity contribution in [2.75, 3.05) is 0 Å². The van der Waals surface area contributed by atoms with E-state index in [0.717, 1.165) is 12.0 Å². The Labute approximate surface area is 109 Å². The molecule has 3 nitrogen and oxygen atoms in total. The van der Waals surface area contributed by atoms with E-state index in [-0.39, 0.29) is 6.04 Å². The zero-order valence-corrected chi connectivity index (χ0v) is 11.7. The van der Waals surface area contributed by atoms with Crippen LogP contribution in [0.2, 0.25) is 0 Å². The van der Waals surface area contributed by atoms with Crippen molar-refractivity contribution in [1.82, 2.24) is 5.32 Å². The molecule has 0 saturated carbocycles. The summed E-state index contributed by atoms with van der Waals surface area (Å²) < 4.78 is 0. The third-order valence-corrected chi connectivity index (χ3v) is 3.36. The quantitative estimate of drug-likeness (QED) is 0.814. The number of carboxylic acids is 1. The molecule has 0 heterocycles. The first kappa shape index (κ1) is 14.7. The predicted molar refractivity (Wildman–Crippen MR) is 73.8 cm³/mol. The van der Waals surface area contributed by atoms with Crippen molar-refractivity contribution in [1.29, 1.82) is 0 Å². The van der Waals surface area contributed by atoms with E-state index in [1.165, 1.54) is 11.1 Å². The van der Waals surface area contributed by atoms with Gasteiger partial charge >= 0.3 is 5.97 Å². The van der Waals surface area contributed by atoms with E-state index in [1.54, 1.807) is 0 Å². The number of nitrogens with one attached hydrogen (secondary N) is 1. The number of hydrogen-bond donors (Lipinski definition) is 2. The molecular weight excluding hydrogens is 226 g/mol. The molecule has 0 spiro atoms. The monoisotopic (exact) mass is 249 g/mol. The molecular formula is C15H23NO2. The summed E-state index contributed by atoms with van der Waals surface area (Å²) in [7, 11) is 0. The van der Waals surface area contributed by atoms with Crippen molar-refractivity contribution in [3.8, 4) is 0 Å². The molecule has 0 amide bonds. The third kappa shape index (κ3) is 3.84. The Morgan fingerprint density at radius 1 is 1.33 bits per heavy atom. The molecule has 0 aliphatic heterocycles. The highest BCUT2D eigenvalue weighted by molar-refractivity contribution is 5.73. The minimum Gasteiger partial charge on any atom is -0.480 e. The summed E-state index contributed by atoms with van der Waals surface area (Å²) in [6.07, 6.45) is 1.52. The van der Waals surface area contributed by atoms with Crippen molar-refractivity contribution < 1.29 is 9.90 Å². The van der Waals surface area contributed by atoms with Gasteiger partial charge in [-0.3, -0.25) is 10.1 Å². The number of rotatable bonds is 6. The highest BCUT2D eigenvalue weighted by atomic mass is 16.4. The number of aryl methyl sites for hydroxylation is 2. The van der Waals surface area contributed by atoms with Gasteiger partial charge in [-0.1, -0.05) is 31.5 Å². The summed E-state index contributed by atoms with van der Waals surface area (Å²) in [6.45, 7) is 8.16. The normalized spacial score (nSPS) is 14.2. The molecule has 3 heteroatoms. The van der Waals surface area contributed by atoms with Crippen LogP contribution < -0.4 is 5.32 Å². The lowest BCUT2D eigenvalue weighted by atomic mass is 10.0. The molecule has 1 aromatic rings. The number of carboxylic acid groups (broad SMARTS) is 1. The van der Waals surface area contributed by atoms with E-state index < -0.39 is 12.0 Å². The van der Waals surface area contributed by atoms with Gasteiger partial charge in [0.25, 0.3) is 0 Å². The van der Waals surface area contributed by atoms with Crippen LogP contribution in [0, 0.1) is 13.8 Å². The van der Waals surface area contributed by atoms with Crippen LogP contribution in [0.15, 0.2) is 18.2 Å². The predicted octanol–water partition coefficient (Wildman–Crippen LogP) is 3.21. The van der Waals surface area contributed by atoms with Gasteiger partial charge in [0.2, 0.25) is 0 Å². The van der Waals surface area contributed by atoms with Crippen LogP contribution in [0.5, 0.6) is 0 Å². The molecule has 1 aromatic carbocycles. The third-order valence-electron chi connectivity index (χ3n) is 3.36. The SMILES string of the molecule is CCCC(NC(C)c1ccc(C)c(C)c1)C(=O)O. The lowest BCUT2D eigenvalue weighted by molar-refractivity contribution is -0.139. The molecule has 0 aliphatic carbocycles. The molecule has 1 rings (SSSR count). The second kappa shape index (κ2) is 6.55. The minimum absolute atomic E-state index is 0.0527. The standard InChI is InChI=1S/C15H23NO2/c1-5-6-14(15(17)18)16-12(4)13-8-7-10(2)11(3)9-13/h7-9,12,14,16H,5-6H2,1-4H3,(H,17,18). The van der Waals surface area contributed by atoms with Crippen LogP contribution in [0.3, 0.4) is 0 Å². The first-order chi connectivity index (χ1) is 8.45. The lowest BCUT2D eigenvalue weighted by Gasteiger charge is -2.20. The van der Waals surface area contributed by atoms with Crippen LogP contribution in [0.25, 0.3) is 0 Å². The van der Waals surface area contributed by atoms with Crippen molar-refractivity contribution in [2.45, 2.75) is 52.6 Å². The Balaban J connectivity index is 2.76. The highest BCUT2D eigenvalue weighted by Gasteiger charge is 2.19. The van der Waals surface area contributed by atoms with Gasteiger partial charge in [0.15, 0.2) is 0 Å². The first-order valence-electron chi connectivity index (χ1n) is 6.51. The Hall–Kier alpha value is -1.35. The molecule has 18 heavy (non-hydrogen) atoms. The van der Waals surface area contributed by atoms with Crippen molar-refractivity contribution in [3.05, 3.63) is 34.9 Å². The molecule has 0 radical (unpaired) electrons. The first-order valence-corrected chi connectivity index (χ1v) is 6.51. The summed E-state index contributed by atoms with van der Waals surface area (Å²) in [5.74, 6) is -0.771. The van der Waals surface area contributed by atoms with Crippen LogP contribution in [0.4, 0.5) is 0 Å². The Morgan fingerprint density at radius 3 is 2.50 bits per heavy atom. The van der Waals surface area contributed by atoms with Gasteiger partial charge in [0, 0.05) is 6.04 Å². The molecule has 0 fully saturated rings. The van der Waals surface area contributed by atoms with Crippen LogP contribution in [-0.2, 0) is 4.79 Å². The van der Waals surface area contributed by atoms with E-state index in [4.69, 9.17) is 5.11 Å². The fourth-order valence-corrected chi connectivity index (χ4v) is 2.00. The number of hydrogen-bond acceptors (Lipinski definition) is 2. The molecule has 2 N–H and O–H groups in total. The lowest BCUT2D eigenvalue weighted by Crippen LogP contribution is -2.38. The van der Waals surface area contributed by atoms with E-state index in [2.05, 4.69) is 37.4 Å². The summed E-state index contributed by atoms with van der Waals surface area (Å²) in [6, 6.07) is 5.85. The van der Waals surface area contributed by atoms with Crippen molar-refractivity contribution >= 4 is 5.97 Å². The summed E-state index contributed by atoms with van der Waals surface area (Å²) in [5.41, 5.74) is 3.64. The van der Waals surface area contributed by atoms with Gasteiger partial charge in [0.05, 0.1) is 0 Å². The van der Waals surface area contributed by atoms with E-state index in [0.29, 0.717) is 6.42 Å². The Kier molecular flexibility index (Phi) is 5.35. The Bertz CT molecular complexity index is 415. The van der Waals surface area contributed by atoms with Gasteiger partial charge < -0.3 is 5.11 Å². The smallest absolute Gasteiger partial charge is 0.320 e. The van der Waals surface area contributed by atoms with Crippen LogP contribution in [0.1, 0.15) is 49.4 Å². The maximum atomic E-state index is 11.1. The van der Waals surface area contributed by atoms with Crippen molar-refractivity contribution in [2.24, 2.45) is 0 Å². The van der Waals surface area contributed by atoms with Gasteiger partial charge in [-0.2, -0.15) is 0 Å². The van der Waals surface area contributed by atoms with E-state index in [9.17, 15) is 4.79 Å². The molecule has 2 atom stereocenters. The fraction of sp³-hybridized carbons (Fsp3) is 0.533. The highest BCUT2D eigenvalue weighted by Crippen LogP contribution is 2.18. The second-order valence-electron chi connectivity index (χ2n) is 4.91. The average molecular weight is 249 g/mol. The Morgan fingerprint density at radius 2 is 2.00 bits per heavy atom. The summed E-state index contributed by atoms with van der Waals surface area (Å²) >= 11 is 0. The second-order valence-corrected chi connectivity index (χ2v) is 4.91. The largest absolute Gasteiger partial charge is 0.480 e. The zero-order valence-electron chi connectivity index (χ0n) is 11.7. The summed E-state index contributed by atoms with van der Waals surface area (Å²) in [5, 5.41) is 12.3. The van der Waals surface area contributed by atoms with Gasteiger partial charge in [0.1, 0.15) is 6.04 Å². The van der Waals surface area contributed by atoms with Crippen LogP contribution >= 0.6 is 0 Å². The topological polar surface area (TPSA) is 49.3 Å². The number of aliphatic carboxylic acids is 1. The number of carbonyl (C=O) groups is 1. The maximum absolute atomic E-state index is 11.1. The number of benzene rings is 1. The fourth-order valence-electron chi connectivity index (χ4n) is 2.00. The molecule has 0 aromatic heterocycles. The molecule has 0 bridgehead atoms.